The number of nitrogens with one attached hydrogen (secondary N) is 1. The fourth-order valence-electron chi connectivity index (χ4n) is 1.46. The van der Waals surface area contributed by atoms with Crippen LogP contribution in [0.1, 0.15) is 0 Å². The number of nitrogens with zero attached hydrogens (tertiary/aromatic N) is 1. The molecule has 7 heteroatoms. The van der Waals surface area contributed by atoms with Gasteiger partial charge in [0, 0.05) is 25.2 Å². The summed E-state index contributed by atoms with van der Waals surface area (Å²) in [6.45, 7) is -1.56. The highest BCUT2D eigenvalue weighted by molar-refractivity contribution is 8.56. The summed E-state index contributed by atoms with van der Waals surface area (Å²) >= 11 is 3.22. The topological polar surface area (TPSA) is 41.6 Å². The highest BCUT2D eigenvalue weighted by Crippen LogP contribution is 2.65. The summed E-state index contributed by atoms with van der Waals surface area (Å²) < 4.78 is 16.9. The molecule has 0 bridgehead atoms. The quantitative estimate of drug-likeness (QED) is 0.699. The number of hydrogen-bond acceptors (Lipinski definition) is 5. The van der Waals surface area contributed by atoms with Gasteiger partial charge in [0.1, 0.15) is 4.99 Å². The number of rotatable bonds is 1. The van der Waals surface area contributed by atoms with E-state index in [4.69, 9.17) is 4.52 Å². The van der Waals surface area contributed by atoms with Gasteiger partial charge < -0.3 is 4.52 Å². The van der Waals surface area contributed by atoms with Crippen molar-refractivity contribution in [2.75, 3.05) is 32.2 Å². The van der Waals surface area contributed by atoms with Gasteiger partial charge in [-0.2, -0.15) is 0 Å². The normalized spacial score (nSPS) is 46.3. The Morgan fingerprint density at radius 2 is 2.46 bits per heavy atom. The third kappa shape index (κ3) is 1.68. The summed E-state index contributed by atoms with van der Waals surface area (Å²) in [7, 11) is 3.55. The van der Waals surface area contributed by atoms with Gasteiger partial charge in [-0.25, -0.2) is 5.09 Å². The van der Waals surface area contributed by atoms with E-state index in [0.29, 0.717) is 0 Å². The summed E-state index contributed by atoms with van der Waals surface area (Å²) in [5.41, 5.74) is 0. The second kappa shape index (κ2) is 3.43. The third-order valence-electron chi connectivity index (χ3n) is 2.37. The zero-order chi connectivity index (χ0) is 9.53. The van der Waals surface area contributed by atoms with Crippen molar-refractivity contribution in [1.82, 2.24) is 9.99 Å². The fourth-order valence-corrected chi connectivity index (χ4v) is 7.76. The minimum absolute atomic E-state index is 0.143. The van der Waals surface area contributed by atoms with Crippen LogP contribution in [0.2, 0.25) is 0 Å². The van der Waals surface area contributed by atoms with E-state index in [1.807, 2.05) is 11.8 Å². The van der Waals surface area contributed by atoms with Gasteiger partial charge in [-0.3, -0.25) is 9.46 Å². The third-order valence-corrected chi connectivity index (χ3v) is 8.26. The molecule has 0 aromatic carbocycles. The van der Waals surface area contributed by atoms with Crippen LogP contribution in [-0.4, -0.2) is 42.1 Å². The van der Waals surface area contributed by atoms with E-state index < -0.39 is 6.72 Å². The lowest BCUT2D eigenvalue weighted by Crippen LogP contribution is -2.48. The first-order valence-corrected chi connectivity index (χ1v) is 8.25. The number of hydrogen-bond donors (Lipinski definition) is 1. The van der Waals surface area contributed by atoms with Gasteiger partial charge in [0.15, 0.2) is 0 Å². The lowest BCUT2D eigenvalue weighted by atomic mass is 10.5. The summed E-state index contributed by atoms with van der Waals surface area (Å²) in [4.78, 5) is 2.07. The van der Waals surface area contributed by atoms with Crippen molar-refractivity contribution in [3.63, 3.8) is 0 Å². The highest BCUT2D eigenvalue weighted by Gasteiger charge is 2.51. The maximum atomic E-state index is 11.9. The van der Waals surface area contributed by atoms with Crippen molar-refractivity contribution >= 4 is 29.9 Å². The predicted molar refractivity (Wildman–Crippen MR) is 58.0 cm³/mol. The molecular weight excluding hydrogens is 227 g/mol. The standard InChI is InChI=1S/C6H13N2O2PS2/c1-8-3-4-12-6(8)5-13-11(9,7-6)10-2/h3-5H2,1-2H3,(H,7,9). The SMILES string of the molecule is COP1(=O)NC2(CS1)SCCN2C. The molecule has 2 aliphatic rings. The largest absolute Gasteiger partial charge is 0.328 e. The lowest BCUT2D eigenvalue weighted by Gasteiger charge is -2.29. The van der Waals surface area contributed by atoms with Crippen LogP contribution in [0.5, 0.6) is 0 Å². The van der Waals surface area contributed by atoms with Crippen LogP contribution in [0, 0.1) is 0 Å². The fraction of sp³-hybridized carbons (Fsp3) is 1.00. The molecule has 76 valence electrons. The monoisotopic (exact) mass is 240 g/mol. The Hall–Kier alpha value is 0.810. The van der Waals surface area contributed by atoms with Gasteiger partial charge in [0.25, 0.3) is 0 Å². The van der Waals surface area contributed by atoms with Crippen LogP contribution in [0.15, 0.2) is 0 Å². The van der Waals surface area contributed by atoms with Crippen LogP contribution in [0.4, 0.5) is 0 Å². The Balaban J connectivity index is 2.16. The molecule has 0 saturated carbocycles. The van der Waals surface area contributed by atoms with Crippen LogP contribution >= 0.6 is 29.9 Å². The van der Waals surface area contributed by atoms with E-state index in [1.165, 1.54) is 18.5 Å². The zero-order valence-corrected chi connectivity index (χ0v) is 10.2. The molecule has 0 radical (unpaired) electrons. The summed E-state index contributed by atoms with van der Waals surface area (Å²) in [6, 6.07) is 0. The molecule has 2 unspecified atom stereocenters. The Labute approximate surface area is 86.4 Å². The van der Waals surface area contributed by atoms with E-state index in [0.717, 1.165) is 18.1 Å². The second-order valence-electron chi connectivity index (χ2n) is 3.12. The van der Waals surface area contributed by atoms with Crippen molar-refractivity contribution in [2.24, 2.45) is 0 Å². The predicted octanol–water partition coefficient (Wildman–Crippen LogP) is 1.41. The molecule has 0 aromatic rings. The molecular formula is C6H13N2O2PS2. The molecule has 2 saturated heterocycles. The van der Waals surface area contributed by atoms with E-state index in [-0.39, 0.29) is 4.99 Å². The van der Waals surface area contributed by atoms with Gasteiger partial charge in [0.2, 0.25) is 0 Å². The maximum Gasteiger partial charge on any atom is 0.328 e. The highest BCUT2D eigenvalue weighted by atomic mass is 32.7. The first-order valence-electron chi connectivity index (χ1n) is 4.05. The maximum absolute atomic E-state index is 11.9. The smallest absolute Gasteiger partial charge is 0.313 e. The van der Waals surface area contributed by atoms with Crippen molar-refractivity contribution < 1.29 is 9.09 Å². The first-order chi connectivity index (χ1) is 6.10. The molecule has 2 fully saturated rings. The van der Waals surface area contributed by atoms with Gasteiger partial charge in [0.05, 0.1) is 0 Å². The van der Waals surface area contributed by atoms with Gasteiger partial charge in [-0.1, -0.05) is 0 Å². The van der Waals surface area contributed by atoms with Crippen LogP contribution in [0.3, 0.4) is 0 Å². The van der Waals surface area contributed by atoms with Gasteiger partial charge in [-0.15, -0.1) is 11.8 Å². The average Bonchev–Trinajstić information content (AvgIpc) is 2.62. The zero-order valence-electron chi connectivity index (χ0n) is 7.65. The number of thioether (sulfide) groups is 1. The van der Waals surface area contributed by atoms with Crippen LogP contribution in [-0.2, 0) is 9.09 Å². The Morgan fingerprint density at radius 3 is 2.92 bits per heavy atom. The average molecular weight is 240 g/mol. The van der Waals surface area contributed by atoms with E-state index in [2.05, 4.69) is 17.0 Å². The van der Waals surface area contributed by atoms with Gasteiger partial charge >= 0.3 is 6.72 Å². The van der Waals surface area contributed by atoms with E-state index in [9.17, 15) is 4.57 Å². The minimum atomic E-state index is -2.60. The van der Waals surface area contributed by atoms with Crippen molar-refractivity contribution in [1.29, 1.82) is 0 Å². The molecule has 0 aliphatic carbocycles. The summed E-state index contributed by atoms with van der Waals surface area (Å²) in [5, 5.41) is 3.13. The van der Waals surface area contributed by atoms with Crippen molar-refractivity contribution in [3.8, 4) is 0 Å². The molecule has 2 atom stereocenters. The Kier molecular flexibility index (Phi) is 2.73. The lowest BCUT2D eigenvalue weighted by molar-refractivity contribution is 0.246. The van der Waals surface area contributed by atoms with Crippen LogP contribution in [0.25, 0.3) is 0 Å². The molecule has 0 amide bonds. The summed E-state index contributed by atoms with van der Waals surface area (Å²) in [5.74, 6) is 1.92. The molecule has 0 aromatic heterocycles. The second-order valence-corrected chi connectivity index (χ2v) is 8.84. The molecule has 2 rings (SSSR count). The molecule has 1 spiro atoms. The molecule has 2 aliphatic heterocycles. The molecule has 1 N–H and O–H groups in total. The van der Waals surface area contributed by atoms with E-state index >= 15 is 0 Å². The first kappa shape index (κ1) is 10.3. The Bertz CT molecular complexity index is 265. The van der Waals surface area contributed by atoms with Crippen LogP contribution < -0.4 is 5.09 Å². The molecule has 4 nitrogen and oxygen atoms in total. The van der Waals surface area contributed by atoms with Crippen molar-refractivity contribution in [2.45, 2.75) is 4.99 Å². The molecule has 2 heterocycles. The minimum Gasteiger partial charge on any atom is -0.313 e. The Morgan fingerprint density at radius 1 is 1.69 bits per heavy atom. The van der Waals surface area contributed by atoms with Gasteiger partial charge in [-0.05, 0) is 18.4 Å². The molecule has 13 heavy (non-hydrogen) atoms. The van der Waals surface area contributed by atoms with Crippen molar-refractivity contribution in [3.05, 3.63) is 0 Å². The van der Waals surface area contributed by atoms with E-state index in [1.54, 1.807) is 0 Å². The summed E-state index contributed by atoms with van der Waals surface area (Å²) in [6.07, 6.45) is 0.